The van der Waals surface area contributed by atoms with Crippen molar-refractivity contribution in [2.24, 2.45) is 7.05 Å². The molecule has 9 nitrogen and oxygen atoms in total. The lowest BCUT2D eigenvalue weighted by Gasteiger charge is -2.36. The molecular formula is C30H33N5O4S. The van der Waals surface area contributed by atoms with Gasteiger partial charge in [0, 0.05) is 37.9 Å². The van der Waals surface area contributed by atoms with Gasteiger partial charge in [-0.1, -0.05) is 90.6 Å². The molecule has 0 saturated carbocycles. The van der Waals surface area contributed by atoms with E-state index < -0.39 is 6.29 Å². The molecule has 10 heteroatoms. The number of carbonyl (C=O) groups excluding carboxylic acids is 1. The summed E-state index contributed by atoms with van der Waals surface area (Å²) in [4.78, 5) is 12.2. The maximum absolute atomic E-state index is 12.2. The highest BCUT2D eigenvalue weighted by Crippen LogP contribution is 2.39. The van der Waals surface area contributed by atoms with Crippen LogP contribution in [0.3, 0.4) is 0 Å². The Hall–Kier alpha value is -3.70. The van der Waals surface area contributed by atoms with E-state index in [9.17, 15) is 9.90 Å². The van der Waals surface area contributed by atoms with E-state index in [-0.39, 0.29) is 24.8 Å². The second-order valence-electron chi connectivity index (χ2n) is 9.65. The molecule has 0 aliphatic carbocycles. The van der Waals surface area contributed by atoms with Crippen LogP contribution in [0.4, 0.5) is 4.79 Å². The third-order valence-corrected chi connectivity index (χ3v) is 7.85. The van der Waals surface area contributed by atoms with Gasteiger partial charge < -0.3 is 29.8 Å². The van der Waals surface area contributed by atoms with Crippen molar-refractivity contribution in [3.8, 4) is 0 Å². The molecule has 5 rings (SSSR count). The predicted molar refractivity (Wildman–Crippen MR) is 152 cm³/mol. The summed E-state index contributed by atoms with van der Waals surface area (Å²) in [5.74, 6) is 0.706. The van der Waals surface area contributed by atoms with Crippen LogP contribution in [0.5, 0.6) is 0 Å². The summed E-state index contributed by atoms with van der Waals surface area (Å²) in [5.41, 5.74) is 4.83. The molecule has 1 aliphatic rings. The zero-order valence-corrected chi connectivity index (χ0v) is 23.1. The highest BCUT2D eigenvalue weighted by atomic mass is 32.2. The number of thioether (sulfide) groups is 1. The molecule has 1 aliphatic heterocycles. The fourth-order valence-corrected chi connectivity index (χ4v) is 5.31. The van der Waals surface area contributed by atoms with Crippen LogP contribution in [0.1, 0.15) is 46.6 Å². The van der Waals surface area contributed by atoms with E-state index >= 15 is 0 Å². The van der Waals surface area contributed by atoms with Crippen LogP contribution in [-0.4, -0.2) is 37.8 Å². The Morgan fingerprint density at radius 3 is 2.23 bits per heavy atom. The van der Waals surface area contributed by atoms with Gasteiger partial charge in [-0.3, -0.25) is 0 Å². The number of nitrogens with zero attached hydrogens (tertiary/aromatic N) is 3. The zero-order valence-electron chi connectivity index (χ0n) is 22.3. The van der Waals surface area contributed by atoms with Crippen molar-refractivity contribution < 1.29 is 19.4 Å². The summed E-state index contributed by atoms with van der Waals surface area (Å²) >= 11 is 1.60. The molecule has 0 bridgehead atoms. The molecule has 3 N–H and O–H groups in total. The highest BCUT2D eigenvalue weighted by Gasteiger charge is 2.32. The molecule has 208 valence electrons. The van der Waals surface area contributed by atoms with Gasteiger partial charge in [0.25, 0.3) is 0 Å². The SMILES string of the molecule is Cn1cnnc1SC[C@@H]1C[C@H](c2ccc(CO)cc2)O[C@H](c2ccc(CNC(=O)NCc3ccccc3)cc2)O1. The number of benzene rings is 3. The largest absolute Gasteiger partial charge is 0.392 e. The summed E-state index contributed by atoms with van der Waals surface area (Å²) in [7, 11) is 1.92. The quantitative estimate of drug-likeness (QED) is 0.243. The van der Waals surface area contributed by atoms with Crippen molar-refractivity contribution in [1.29, 1.82) is 0 Å². The van der Waals surface area contributed by atoms with Gasteiger partial charge >= 0.3 is 6.03 Å². The highest BCUT2D eigenvalue weighted by molar-refractivity contribution is 7.99. The average molecular weight is 560 g/mol. The third-order valence-electron chi connectivity index (χ3n) is 6.68. The van der Waals surface area contributed by atoms with Gasteiger partial charge in [-0.25, -0.2) is 4.79 Å². The molecular weight excluding hydrogens is 526 g/mol. The molecule has 1 aromatic heterocycles. The van der Waals surface area contributed by atoms with Gasteiger partial charge in [-0.15, -0.1) is 10.2 Å². The van der Waals surface area contributed by atoms with Crippen LogP contribution < -0.4 is 10.6 Å². The van der Waals surface area contributed by atoms with Crippen LogP contribution in [0.2, 0.25) is 0 Å². The van der Waals surface area contributed by atoms with Crippen LogP contribution in [0, 0.1) is 0 Å². The Bertz CT molecular complexity index is 1370. The minimum absolute atomic E-state index is 0.00436. The maximum atomic E-state index is 12.2. The van der Waals surface area contributed by atoms with Crippen LogP contribution in [0.25, 0.3) is 0 Å². The number of rotatable bonds is 10. The number of amides is 2. The van der Waals surface area contributed by atoms with E-state index in [4.69, 9.17) is 9.47 Å². The number of hydrogen-bond acceptors (Lipinski definition) is 7. The predicted octanol–water partition coefficient (Wildman–Crippen LogP) is 4.64. The Balaban J connectivity index is 1.21. The van der Waals surface area contributed by atoms with Crippen molar-refractivity contribution in [1.82, 2.24) is 25.4 Å². The summed E-state index contributed by atoms with van der Waals surface area (Å²) in [5, 5.41) is 24.2. The summed E-state index contributed by atoms with van der Waals surface area (Å²) < 4.78 is 14.7. The fourth-order valence-electron chi connectivity index (χ4n) is 4.41. The Labute approximate surface area is 237 Å². The first-order valence-corrected chi connectivity index (χ1v) is 14.2. The topological polar surface area (TPSA) is 111 Å². The van der Waals surface area contributed by atoms with Crippen molar-refractivity contribution >= 4 is 17.8 Å². The van der Waals surface area contributed by atoms with Gasteiger partial charge in [-0.05, 0) is 22.3 Å². The normalized spacial score (nSPS) is 18.8. The van der Waals surface area contributed by atoms with Gasteiger partial charge in [0.05, 0.1) is 18.8 Å². The van der Waals surface area contributed by atoms with E-state index in [1.165, 1.54) is 0 Å². The van der Waals surface area contributed by atoms with Crippen molar-refractivity contribution in [3.63, 3.8) is 0 Å². The van der Waals surface area contributed by atoms with Crippen LogP contribution in [-0.2, 0) is 36.2 Å². The minimum atomic E-state index is -0.544. The van der Waals surface area contributed by atoms with E-state index in [0.29, 0.717) is 25.3 Å². The molecule has 40 heavy (non-hydrogen) atoms. The van der Waals surface area contributed by atoms with Crippen molar-refractivity contribution in [2.75, 3.05) is 5.75 Å². The van der Waals surface area contributed by atoms with Crippen LogP contribution >= 0.6 is 11.8 Å². The lowest BCUT2D eigenvalue weighted by Crippen LogP contribution is -2.34. The van der Waals surface area contributed by atoms with E-state index in [0.717, 1.165) is 33.0 Å². The van der Waals surface area contributed by atoms with Gasteiger partial charge in [0.2, 0.25) is 0 Å². The smallest absolute Gasteiger partial charge is 0.315 e. The molecule has 0 radical (unpaired) electrons. The number of carbonyl (C=O) groups is 1. The number of aryl methyl sites for hydroxylation is 1. The standard InChI is InChI=1S/C30H33N5O4S/c1-35-20-33-34-30(35)40-19-26-15-27(24-11-9-23(18-36)10-12-24)39-28(38-26)25-13-7-22(8-14-25)17-32-29(37)31-16-21-5-3-2-4-6-21/h2-14,20,26-28,36H,15-19H2,1H3,(H2,31,32,37)/t26-,27+,28+/m0/s1. The van der Waals surface area contributed by atoms with E-state index in [1.54, 1.807) is 18.1 Å². The molecule has 2 amide bonds. The van der Waals surface area contributed by atoms with Crippen LogP contribution in [0.15, 0.2) is 90.3 Å². The van der Waals surface area contributed by atoms with Crippen molar-refractivity contribution in [2.45, 2.75) is 49.8 Å². The molecule has 1 saturated heterocycles. The summed E-state index contributed by atoms with van der Waals surface area (Å²) in [6.45, 7) is 0.885. The fraction of sp³-hybridized carbons (Fsp3) is 0.300. The van der Waals surface area contributed by atoms with Gasteiger partial charge in [-0.2, -0.15) is 0 Å². The Kier molecular flexibility index (Phi) is 9.46. The average Bonchev–Trinajstić information content (AvgIpc) is 3.43. The lowest BCUT2D eigenvalue weighted by atomic mass is 10.0. The summed E-state index contributed by atoms with van der Waals surface area (Å²) in [6.07, 6.45) is 1.60. The minimum Gasteiger partial charge on any atom is -0.392 e. The first-order valence-electron chi connectivity index (χ1n) is 13.2. The first kappa shape index (κ1) is 27.9. The van der Waals surface area contributed by atoms with E-state index in [1.807, 2.05) is 90.5 Å². The Morgan fingerprint density at radius 2 is 1.57 bits per heavy atom. The van der Waals surface area contributed by atoms with E-state index in [2.05, 4.69) is 20.8 Å². The number of aliphatic hydroxyl groups is 1. The molecule has 0 spiro atoms. The molecule has 4 aromatic rings. The molecule has 1 fully saturated rings. The number of urea groups is 1. The number of ether oxygens (including phenoxy) is 2. The Morgan fingerprint density at radius 1 is 0.925 bits per heavy atom. The second kappa shape index (κ2) is 13.6. The first-order chi connectivity index (χ1) is 19.6. The molecule has 2 heterocycles. The molecule has 3 atom stereocenters. The summed E-state index contributed by atoms with van der Waals surface area (Å²) in [6, 6.07) is 25.3. The number of nitrogens with one attached hydrogen (secondary N) is 2. The monoisotopic (exact) mass is 559 g/mol. The third kappa shape index (κ3) is 7.48. The second-order valence-corrected chi connectivity index (χ2v) is 10.6. The van der Waals surface area contributed by atoms with Gasteiger partial charge in [0.15, 0.2) is 11.4 Å². The number of hydrogen-bond donors (Lipinski definition) is 3. The molecule has 0 unspecified atom stereocenters. The van der Waals surface area contributed by atoms with Crippen molar-refractivity contribution in [3.05, 3.63) is 113 Å². The lowest BCUT2D eigenvalue weighted by molar-refractivity contribution is -0.245. The number of aliphatic hydroxyl groups excluding tert-OH is 1. The number of aromatic nitrogens is 3. The van der Waals surface area contributed by atoms with Gasteiger partial charge in [0.1, 0.15) is 6.33 Å². The zero-order chi connectivity index (χ0) is 27.7. The maximum Gasteiger partial charge on any atom is 0.315 e. The molecule has 3 aromatic carbocycles.